The molecule has 1 aliphatic rings. The first-order valence-corrected chi connectivity index (χ1v) is 14.4. The minimum Gasteiger partial charge on any atom is -0.463 e. The summed E-state index contributed by atoms with van der Waals surface area (Å²) in [6.45, 7) is 4.13. The van der Waals surface area contributed by atoms with Crippen molar-refractivity contribution in [2.75, 3.05) is 13.2 Å². The second-order valence-corrected chi connectivity index (χ2v) is 9.91. The van der Waals surface area contributed by atoms with Gasteiger partial charge in [0.2, 0.25) is 0 Å². The standard InChI is InChI=1S/C29H52O6/c1-3-5-7-9-12-15-19-26-27(35-26)20-16-13-10-14-18-22-29(32)34-24-25(30)23-33-28(31)21-17-11-8-6-4-2/h12,15,25-27,30H,3-11,13-14,16-24H2,1-2H3/b15-12-/t25-,26?,27?/m0/s1. The largest absolute Gasteiger partial charge is 0.463 e. The van der Waals surface area contributed by atoms with Crippen molar-refractivity contribution in [3.05, 3.63) is 12.2 Å². The quantitative estimate of drug-likeness (QED) is 0.0683. The van der Waals surface area contributed by atoms with Crippen molar-refractivity contribution in [1.29, 1.82) is 0 Å². The molecule has 1 N–H and O–H groups in total. The third-order valence-corrected chi connectivity index (χ3v) is 6.42. The second-order valence-electron chi connectivity index (χ2n) is 9.91. The van der Waals surface area contributed by atoms with Gasteiger partial charge in [0.25, 0.3) is 0 Å². The van der Waals surface area contributed by atoms with Crippen molar-refractivity contribution in [3.8, 4) is 0 Å². The number of hydrogen-bond acceptors (Lipinski definition) is 6. The molecule has 0 aliphatic carbocycles. The van der Waals surface area contributed by atoms with E-state index in [1.165, 1.54) is 44.9 Å². The summed E-state index contributed by atoms with van der Waals surface area (Å²) < 4.78 is 15.9. The smallest absolute Gasteiger partial charge is 0.305 e. The second kappa shape index (κ2) is 21.8. The van der Waals surface area contributed by atoms with Crippen LogP contribution in [0.2, 0.25) is 0 Å². The number of unbranched alkanes of at least 4 members (excludes halogenated alkanes) is 11. The third-order valence-electron chi connectivity index (χ3n) is 6.42. The van der Waals surface area contributed by atoms with Crippen molar-refractivity contribution in [2.24, 2.45) is 0 Å². The fourth-order valence-corrected chi connectivity index (χ4v) is 4.09. The first-order chi connectivity index (χ1) is 17.1. The number of aliphatic hydroxyl groups is 1. The Morgan fingerprint density at radius 3 is 1.91 bits per heavy atom. The Morgan fingerprint density at radius 1 is 0.743 bits per heavy atom. The van der Waals surface area contributed by atoms with Gasteiger partial charge in [-0.25, -0.2) is 0 Å². The third kappa shape index (κ3) is 19.5. The Balaban J connectivity index is 1.87. The van der Waals surface area contributed by atoms with Crippen molar-refractivity contribution in [2.45, 2.75) is 148 Å². The van der Waals surface area contributed by atoms with Gasteiger partial charge < -0.3 is 19.3 Å². The molecule has 1 aliphatic heterocycles. The Kier molecular flexibility index (Phi) is 19.7. The zero-order valence-corrected chi connectivity index (χ0v) is 22.5. The van der Waals surface area contributed by atoms with Crippen LogP contribution in [0.5, 0.6) is 0 Å². The van der Waals surface area contributed by atoms with Crippen LogP contribution in [0.1, 0.15) is 129 Å². The summed E-state index contributed by atoms with van der Waals surface area (Å²) in [5.41, 5.74) is 0. The minimum absolute atomic E-state index is 0.123. The number of aliphatic hydroxyl groups excluding tert-OH is 1. The summed E-state index contributed by atoms with van der Waals surface area (Å²) in [7, 11) is 0. The molecule has 0 spiro atoms. The minimum atomic E-state index is -0.965. The monoisotopic (exact) mass is 496 g/mol. The summed E-state index contributed by atoms with van der Waals surface area (Å²) in [6.07, 6.45) is 23.1. The fraction of sp³-hybridized carbons (Fsp3) is 0.862. The lowest BCUT2D eigenvalue weighted by Crippen LogP contribution is -2.25. The van der Waals surface area contributed by atoms with E-state index >= 15 is 0 Å². The molecular formula is C29H52O6. The van der Waals surface area contributed by atoms with E-state index in [0.717, 1.165) is 57.8 Å². The lowest BCUT2D eigenvalue weighted by Gasteiger charge is -2.12. The first-order valence-electron chi connectivity index (χ1n) is 14.4. The van der Waals surface area contributed by atoms with Gasteiger partial charge >= 0.3 is 11.9 Å². The molecule has 35 heavy (non-hydrogen) atoms. The molecule has 6 nitrogen and oxygen atoms in total. The highest BCUT2D eigenvalue weighted by Gasteiger charge is 2.36. The number of hydrogen-bond donors (Lipinski definition) is 1. The average molecular weight is 497 g/mol. The van der Waals surface area contributed by atoms with Crippen LogP contribution < -0.4 is 0 Å². The summed E-state index contributed by atoms with van der Waals surface area (Å²) in [5.74, 6) is -0.603. The normalized spacial score (nSPS) is 18.0. The van der Waals surface area contributed by atoms with E-state index in [1.54, 1.807) is 0 Å². The number of ether oxygens (including phenoxy) is 3. The molecule has 0 aromatic rings. The molecule has 0 saturated carbocycles. The molecule has 1 rings (SSSR count). The number of epoxide rings is 1. The summed E-state index contributed by atoms with van der Waals surface area (Å²) in [5, 5.41) is 9.85. The molecule has 204 valence electrons. The molecule has 1 saturated heterocycles. The van der Waals surface area contributed by atoms with Crippen molar-refractivity contribution >= 4 is 11.9 Å². The van der Waals surface area contributed by atoms with E-state index in [-0.39, 0.29) is 25.2 Å². The van der Waals surface area contributed by atoms with E-state index in [9.17, 15) is 14.7 Å². The van der Waals surface area contributed by atoms with Crippen molar-refractivity contribution in [1.82, 2.24) is 0 Å². The Bertz CT molecular complexity index is 561. The van der Waals surface area contributed by atoms with Gasteiger partial charge in [0.05, 0.1) is 12.2 Å². The molecule has 0 aromatic carbocycles. The molecule has 2 unspecified atom stereocenters. The van der Waals surface area contributed by atoms with Crippen LogP contribution in [0.3, 0.4) is 0 Å². The van der Waals surface area contributed by atoms with E-state index in [1.807, 2.05) is 0 Å². The predicted molar refractivity (Wildman–Crippen MR) is 140 cm³/mol. The lowest BCUT2D eigenvalue weighted by molar-refractivity contribution is -0.152. The van der Waals surface area contributed by atoms with E-state index in [4.69, 9.17) is 14.2 Å². The van der Waals surface area contributed by atoms with Gasteiger partial charge in [-0.1, -0.05) is 90.2 Å². The Labute approximate surface area is 214 Å². The van der Waals surface area contributed by atoms with Crippen LogP contribution in [0.25, 0.3) is 0 Å². The molecule has 3 atom stereocenters. The van der Waals surface area contributed by atoms with E-state index in [0.29, 0.717) is 25.0 Å². The first kappa shape index (κ1) is 31.6. The molecule has 0 bridgehead atoms. The number of carbonyl (C=O) groups is 2. The number of allylic oxidation sites excluding steroid dienone is 1. The topological polar surface area (TPSA) is 85.4 Å². The van der Waals surface area contributed by atoms with Crippen LogP contribution in [-0.4, -0.2) is 48.6 Å². The van der Waals surface area contributed by atoms with Gasteiger partial charge in [-0.3, -0.25) is 9.59 Å². The van der Waals surface area contributed by atoms with Crippen LogP contribution in [-0.2, 0) is 23.8 Å². The average Bonchev–Trinajstić information content (AvgIpc) is 3.60. The zero-order valence-electron chi connectivity index (χ0n) is 22.5. The SMILES string of the molecule is CCCCC/C=C\CC1OC1CCCCCCCC(=O)OC[C@@H](O)COC(=O)CCCCCCC. The maximum absolute atomic E-state index is 11.8. The van der Waals surface area contributed by atoms with Crippen LogP contribution in [0.4, 0.5) is 0 Å². The van der Waals surface area contributed by atoms with Crippen molar-refractivity contribution < 1.29 is 28.9 Å². The summed E-state index contributed by atoms with van der Waals surface area (Å²) in [6, 6.07) is 0. The summed E-state index contributed by atoms with van der Waals surface area (Å²) >= 11 is 0. The Hall–Kier alpha value is -1.40. The highest BCUT2D eigenvalue weighted by Crippen LogP contribution is 2.30. The lowest BCUT2D eigenvalue weighted by atomic mass is 10.1. The van der Waals surface area contributed by atoms with Crippen molar-refractivity contribution in [3.63, 3.8) is 0 Å². The zero-order chi connectivity index (χ0) is 25.6. The maximum atomic E-state index is 11.8. The number of rotatable bonds is 24. The molecule has 0 amide bonds. The highest BCUT2D eigenvalue weighted by atomic mass is 16.6. The van der Waals surface area contributed by atoms with Gasteiger partial charge in [0.15, 0.2) is 0 Å². The molecule has 1 heterocycles. The van der Waals surface area contributed by atoms with E-state index < -0.39 is 6.10 Å². The van der Waals surface area contributed by atoms with Gasteiger partial charge in [0, 0.05) is 12.8 Å². The Morgan fingerprint density at radius 2 is 1.29 bits per heavy atom. The predicted octanol–water partition coefficient (Wildman–Crippen LogP) is 6.82. The van der Waals surface area contributed by atoms with Gasteiger partial charge in [-0.15, -0.1) is 0 Å². The molecule has 6 heteroatoms. The molecule has 0 radical (unpaired) electrons. The molecular weight excluding hydrogens is 444 g/mol. The number of carbonyl (C=O) groups excluding carboxylic acids is 2. The summed E-state index contributed by atoms with van der Waals surface area (Å²) in [4.78, 5) is 23.5. The maximum Gasteiger partial charge on any atom is 0.305 e. The number of esters is 2. The van der Waals surface area contributed by atoms with E-state index in [2.05, 4.69) is 26.0 Å². The van der Waals surface area contributed by atoms with Crippen LogP contribution >= 0.6 is 0 Å². The van der Waals surface area contributed by atoms with Crippen LogP contribution in [0, 0.1) is 0 Å². The molecule has 1 fully saturated rings. The van der Waals surface area contributed by atoms with Gasteiger partial charge in [-0.05, 0) is 38.5 Å². The van der Waals surface area contributed by atoms with Crippen LogP contribution in [0.15, 0.2) is 12.2 Å². The highest BCUT2D eigenvalue weighted by molar-refractivity contribution is 5.69. The molecule has 0 aromatic heterocycles. The fourth-order valence-electron chi connectivity index (χ4n) is 4.09. The van der Waals surface area contributed by atoms with Gasteiger partial charge in [0.1, 0.15) is 19.3 Å². The van der Waals surface area contributed by atoms with Gasteiger partial charge in [-0.2, -0.15) is 0 Å².